The third kappa shape index (κ3) is 2.16. The lowest BCUT2D eigenvalue weighted by Crippen LogP contribution is -2.60. The van der Waals surface area contributed by atoms with Crippen LogP contribution in [0.2, 0.25) is 0 Å². The molecule has 0 fully saturated rings. The van der Waals surface area contributed by atoms with Crippen LogP contribution in [-0.4, -0.2) is 25.7 Å². The van der Waals surface area contributed by atoms with E-state index in [1.165, 1.54) is 0 Å². The number of likely N-dealkylation sites (N-methyl/N-ethyl adjacent to an activating group) is 2. The van der Waals surface area contributed by atoms with Gasteiger partial charge in [0.25, 0.3) is 0 Å². The van der Waals surface area contributed by atoms with Crippen LogP contribution in [0, 0.1) is 5.92 Å². The van der Waals surface area contributed by atoms with Crippen molar-refractivity contribution < 1.29 is 9.53 Å². The Kier molecular flexibility index (Phi) is 3.82. The van der Waals surface area contributed by atoms with Gasteiger partial charge in [-0.15, -0.1) is 0 Å². The lowest BCUT2D eigenvalue weighted by atomic mass is 9.88. The van der Waals surface area contributed by atoms with Crippen molar-refractivity contribution in [3.8, 4) is 0 Å². The quantitative estimate of drug-likeness (QED) is 0.402. The van der Waals surface area contributed by atoms with E-state index in [-0.39, 0.29) is 5.97 Å². The van der Waals surface area contributed by atoms with Crippen molar-refractivity contribution in [3.05, 3.63) is 37.1 Å². The summed E-state index contributed by atoms with van der Waals surface area (Å²) >= 11 is 0. The molecule has 1 atom stereocenters. The second kappa shape index (κ2) is 4.91. The van der Waals surface area contributed by atoms with Crippen LogP contribution >= 0.6 is 0 Å². The zero-order valence-electron chi connectivity index (χ0n) is 8.99. The summed E-state index contributed by atoms with van der Waals surface area (Å²) in [6.45, 7) is 3.37. The van der Waals surface area contributed by atoms with Gasteiger partial charge in [-0.25, -0.2) is 0 Å². The molecule has 4 heteroatoms. The molecule has 0 bridgehead atoms. The summed E-state index contributed by atoms with van der Waals surface area (Å²) in [6.07, 6.45) is 8.53. The minimum absolute atomic E-state index is 0.339. The Balaban J connectivity index is 2.93. The molecule has 15 heavy (non-hydrogen) atoms. The molecule has 0 saturated carbocycles. The van der Waals surface area contributed by atoms with Gasteiger partial charge in [-0.1, -0.05) is 24.8 Å². The van der Waals surface area contributed by atoms with E-state index >= 15 is 0 Å². The number of nitrogens with one attached hydrogen (secondary N) is 2. The van der Waals surface area contributed by atoms with Crippen LogP contribution in [0.5, 0.6) is 0 Å². The van der Waals surface area contributed by atoms with Gasteiger partial charge in [-0.05, 0) is 20.2 Å². The van der Waals surface area contributed by atoms with E-state index in [4.69, 9.17) is 4.74 Å². The molecule has 1 unspecified atom stereocenters. The molecule has 1 aliphatic rings. The Morgan fingerprint density at radius 3 is 2.67 bits per heavy atom. The van der Waals surface area contributed by atoms with Gasteiger partial charge in [0.1, 0.15) is 11.6 Å². The van der Waals surface area contributed by atoms with E-state index in [1.807, 2.05) is 18.2 Å². The molecular weight excluding hydrogens is 192 g/mol. The molecule has 0 aliphatic heterocycles. The van der Waals surface area contributed by atoms with Crippen LogP contribution in [-0.2, 0) is 9.53 Å². The van der Waals surface area contributed by atoms with Crippen molar-refractivity contribution in [2.75, 3.05) is 14.1 Å². The van der Waals surface area contributed by atoms with Crippen molar-refractivity contribution in [1.82, 2.24) is 10.6 Å². The first-order valence-corrected chi connectivity index (χ1v) is 4.75. The zero-order valence-corrected chi connectivity index (χ0v) is 8.99. The molecule has 0 amide bonds. The van der Waals surface area contributed by atoms with Gasteiger partial charge in [0, 0.05) is 0 Å². The Hall–Kier alpha value is -1.39. The van der Waals surface area contributed by atoms with E-state index in [1.54, 1.807) is 20.2 Å². The lowest BCUT2D eigenvalue weighted by molar-refractivity contribution is -0.143. The summed E-state index contributed by atoms with van der Waals surface area (Å²) in [6, 6.07) is 0. The van der Waals surface area contributed by atoms with Gasteiger partial charge in [-0.3, -0.25) is 15.4 Å². The van der Waals surface area contributed by atoms with Crippen molar-refractivity contribution >= 4 is 5.97 Å². The molecule has 0 radical (unpaired) electrons. The van der Waals surface area contributed by atoms with Crippen LogP contribution in [0.1, 0.15) is 0 Å². The molecule has 0 saturated heterocycles. The van der Waals surface area contributed by atoms with E-state index in [0.717, 1.165) is 6.26 Å². The van der Waals surface area contributed by atoms with Crippen molar-refractivity contribution in [1.29, 1.82) is 0 Å². The van der Waals surface area contributed by atoms with Crippen LogP contribution < -0.4 is 10.6 Å². The number of carbonyl (C=O) groups excluding carboxylic acids is 1. The Morgan fingerprint density at radius 1 is 1.47 bits per heavy atom. The Bertz CT molecular complexity index is 304. The Morgan fingerprint density at radius 2 is 2.13 bits per heavy atom. The van der Waals surface area contributed by atoms with Crippen LogP contribution in [0.15, 0.2) is 37.1 Å². The van der Waals surface area contributed by atoms with Crippen LogP contribution in [0.25, 0.3) is 0 Å². The van der Waals surface area contributed by atoms with E-state index in [9.17, 15) is 4.79 Å². The maximum Gasteiger partial charge on any atom is 0.321 e. The molecule has 82 valence electrons. The summed E-state index contributed by atoms with van der Waals surface area (Å²) in [4.78, 5) is 11.7. The minimum atomic E-state index is -0.588. The normalized spacial score (nSPS) is 22.4. The second-order valence-corrected chi connectivity index (χ2v) is 3.19. The summed E-state index contributed by atoms with van der Waals surface area (Å²) < 4.78 is 4.80. The molecule has 4 nitrogen and oxygen atoms in total. The number of rotatable bonds is 4. The Labute approximate surface area is 89.7 Å². The van der Waals surface area contributed by atoms with Crippen LogP contribution in [0.4, 0.5) is 0 Å². The van der Waals surface area contributed by atoms with E-state index in [2.05, 4.69) is 17.2 Å². The number of carbonyl (C=O) groups is 1. The molecule has 2 N–H and O–H groups in total. The topological polar surface area (TPSA) is 50.4 Å². The minimum Gasteiger partial charge on any atom is -0.435 e. The second-order valence-electron chi connectivity index (χ2n) is 3.19. The van der Waals surface area contributed by atoms with E-state index in [0.29, 0.717) is 0 Å². The van der Waals surface area contributed by atoms with Crippen LogP contribution in [0.3, 0.4) is 0 Å². The summed E-state index contributed by atoms with van der Waals surface area (Å²) in [5, 5.41) is 6.14. The zero-order chi connectivity index (χ0) is 11.3. The van der Waals surface area contributed by atoms with Crippen molar-refractivity contribution in [2.24, 2.45) is 5.92 Å². The predicted octanol–water partition coefficient (Wildman–Crippen LogP) is 0.550. The van der Waals surface area contributed by atoms with Gasteiger partial charge >= 0.3 is 5.97 Å². The van der Waals surface area contributed by atoms with Gasteiger partial charge in [0.15, 0.2) is 0 Å². The molecule has 0 aromatic carbocycles. The fourth-order valence-corrected chi connectivity index (χ4v) is 1.66. The molecule has 0 heterocycles. The maximum absolute atomic E-state index is 11.7. The molecular formula is C11H16N2O2. The van der Waals surface area contributed by atoms with E-state index < -0.39 is 11.6 Å². The predicted molar refractivity (Wildman–Crippen MR) is 58.9 cm³/mol. The molecule has 1 rings (SSSR count). The monoisotopic (exact) mass is 208 g/mol. The summed E-state index contributed by atoms with van der Waals surface area (Å²) in [7, 11) is 3.57. The van der Waals surface area contributed by atoms with Gasteiger partial charge in [0.2, 0.25) is 0 Å². The number of esters is 1. The number of ether oxygens (including phenoxy) is 1. The summed E-state index contributed by atoms with van der Waals surface area (Å²) in [5.41, 5.74) is -0.588. The SMILES string of the molecule is C=COC(=O)C1C=CC=CC1(NC)NC. The third-order valence-corrected chi connectivity index (χ3v) is 2.55. The fourth-order valence-electron chi connectivity index (χ4n) is 1.66. The standard InChI is InChI=1S/C11H16N2O2/c1-4-15-10(14)9-7-5-6-8-11(9,12-2)13-3/h4-9,12-13H,1H2,2-3H3. The largest absolute Gasteiger partial charge is 0.435 e. The molecule has 0 aromatic heterocycles. The van der Waals surface area contributed by atoms with Crippen molar-refractivity contribution in [2.45, 2.75) is 5.66 Å². The average molecular weight is 208 g/mol. The average Bonchev–Trinajstić information content (AvgIpc) is 2.29. The first kappa shape index (κ1) is 11.7. The smallest absolute Gasteiger partial charge is 0.321 e. The highest BCUT2D eigenvalue weighted by Gasteiger charge is 2.39. The summed E-state index contributed by atoms with van der Waals surface area (Å²) in [5.74, 6) is -0.746. The first-order valence-electron chi connectivity index (χ1n) is 4.75. The van der Waals surface area contributed by atoms with Gasteiger partial charge in [0.05, 0.1) is 6.26 Å². The third-order valence-electron chi connectivity index (χ3n) is 2.55. The number of hydrogen-bond acceptors (Lipinski definition) is 4. The van der Waals surface area contributed by atoms with Crippen molar-refractivity contribution in [3.63, 3.8) is 0 Å². The molecule has 0 aromatic rings. The molecule has 0 spiro atoms. The highest BCUT2D eigenvalue weighted by Crippen LogP contribution is 2.22. The maximum atomic E-state index is 11.7. The fraction of sp³-hybridized carbons (Fsp3) is 0.364. The number of hydrogen-bond donors (Lipinski definition) is 2. The highest BCUT2D eigenvalue weighted by atomic mass is 16.5. The van der Waals surface area contributed by atoms with Gasteiger partial charge < -0.3 is 4.74 Å². The number of allylic oxidation sites excluding steroid dienone is 2. The highest BCUT2D eigenvalue weighted by molar-refractivity contribution is 5.77. The lowest BCUT2D eigenvalue weighted by Gasteiger charge is -2.36. The first-order chi connectivity index (χ1) is 7.20. The van der Waals surface area contributed by atoms with Gasteiger partial charge in [-0.2, -0.15) is 0 Å². The molecule has 1 aliphatic carbocycles.